The predicted molar refractivity (Wildman–Crippen MR) is 98.9 cm³/mol. The van der Waals surface area contributed by atoms with Crippen molar-refractivity contribution >= 4 is 12.0 Å². The standard InChI is InChI=1S/C21H22FNO3/c1-21(2,16-5-3-4-6-17(16)22)14-23-20(24)10-8-15-7-9-18-19(13-15)26-12-11-25-18/h3-10,13H,11-12,14H2,1-2H3,(H,23,24)/b10-8+. The number of benzene rings is 2. The van der Waals surface area contributed by atoms with Gasteiger partial charge in [-0.15, -0.1) is 0 Å². The van der Waals surface area contributed by atoms with Crippen molar-refractivity contribution in [2.75, 3.05) is 19.8 Å². The van der Waals surface area contributed by atoms with E-state index in [-0.39, 0.29) is 11.7 Å². The van der Waals surface area contributed by atoms with Crippen molar-refractivity contribution in [2.45, 2.75) is 19.3 Å². The Morgan fingerprint density at radius 1 is 1.15 bits per heavy atom. The molecule has 0 radical (unpaired) electrons. The second kappa shape index (κ2) is 7.60. The second-order valence-corrected chi connectivity index (χ2v) is 6.82. The second-order valence-electron chi connectivity index (χ2n) is 6.82. The van der Waals surface area contributed by atoms with Crippen LogP contribution in [-0.4, -0.2) is 25.7 Å². The van der Waals surface area contributed by atoms with Crippen LogP contribution in [0.3, 0.4) is 0 Å². The smallest absolute Gasteiger partial charge is 0.244 e. The lowest BCUT2D eigenvalue weighted by atomic mass is 9.84. The van der Waals surface area contributed by atoms with Gasteiger partial charge in [0, 0.05) is 18.0 Å². The van der Waals surface area contributed by atoms with E-state index in [2.05, 4.69) is 5.32 Å². The van der Waals surface area contributed by atoms with Crippen LogP contribution < -0.4 is 14.8 Å². The van der Waals surface area contributed by atoms with E-state index >= 15 is 0 Å². The van der Waals surface area contributed by atoms with E-state index in [0.29, 0.717) is 36.8 Å². The average Bonchev–Trinajstić information content (AvgIpc) is 2.65. The van der Waals surface area contributed by atoms with Gasteiger partial charge in [-0.1, -0.05) is 38.1 Å². The molecule has 2 aromatic rings. The third kappa shape index (κ3) is 4.23. The number of hydrogen-bond donors (Lipinski definition) is 1. The molecule has 0 bridgehead atoms. The molecular formula is C21H22FNO3. The highest BCUT2D eigenvalue weighted by atomic mass is 19.1. The molecule has 4 nitrogen and oxygen atoms in total. The number of ether oxygens (including phenoxy) is 2. The fraction of sp³-hybridized carbons (Fsp3) is 0.286. The number of fused-ring (bicyclic) bond motifs is 1. The van der Waals surface area contributed by atoms with Crippen molar-refractivity contribution in [2.24, 2.45) is 0 Å². The largest absolute Gasteiger partial charge is 0.486 e. The zero-order valence-electron chi connectivity index (χ0n) is 14.9. The molecule has 0 atom stereocenters. The summed E-state index contributed by atoms with van der Waals surface area (Å²) in [7, 11) is 0. The molecule has 1 aliphatic rings. The molecule has 26 heavy (non-hydrogen) atoms. The van der Waals surface area contributed by atoms with Crippen LogP contribution in [0.2, 0.25) is 0 Å². The molecule has 1 N–H and O–H groups in total. The summed E-state index contributed by atoms with van der Waals surface area (Å²) in [6.07, 6.45) is 3.17. The maximum Gasteiger partial charge on any atom is 0.244 e. The van der Waals surface area contributed by atoms with Crippen LogP contribution in [-0.2, 0) is 10.2 Å². The lowest BCUT2D eigenvalue weighted by Crippen LogP contribution is -2.36. The summed E-state index contributed by atoms with van der Waals surface area (Å²) in [5.74, 6) is 0.895. The molecule has 1 amide bonds. The summed E-state index contributed by atoms with van der Waals surface area (Å²) < 4.78 is 25.0. The van der Waals surface area contributed by atoms with Crippen LogP contribution in [0.1, 0.15) is 25.0 Å². The van der Waals surface area contributed by atoms with Gasteiger partial charge in [-0.25, -0.2) is 4.39 Å². The molecule has 0 saturated carbocycles. The number of halogens is 1. The van der Waals surface area contributed by atoms with Gasteiger partial charge in [0.05, 0.1) is 0 Å². The number of hydrogen-bond acceptors (Lipinski definition) is 3. The molecule has 0 aliphatic carbocycles. The Morgan fingerprint density at radius 3 is 2.65 bits per heavy atom. The first-order valence-corrected chi connectivity index (χ1v) is 8.56. The number of rotatable bonds is 5. The van der Waals surface area contributed by atoms with Crippen LogP contribution in [0.5, 0.6) is 11.5 Å². The molecule has 1 aliphatic heterocycles. The lowest BCUT2D eigenvalue weighted by molar-refractivity contribution is -0.116. The minimum atomic E-state index is -0.508. The van der Waals surface area contributed by atoms with Gasteiger partial charge in [-0.3, -0.25) is 4.79 Å². The van der Waals surface area contributed by atoms with Gasteiger partial charge in [0.2, 0.25) is 5.91 Å². The van der Waals surface area contributed by atoms with Gasteiger partial charge < -0.3 is 14.8 Å². The van der Waals surface area contributed by atoms with Crippen molar-refractivity contribution in [3.8, 4) is 11.5 Å². The average molecular weight is 355 g/mol. The Kier molecular flexibility index (Phi) is 5.26. The van der Waals surface area contributed by atoms with Gasteiger partial charge in [-0.2, -0.15) is 0 Å². The zero-order chi connectivity index (χ0) is 18.6. The fourth-order valence-corrected chi connectivity index (χ4v) is 2.81. The minimum absolute atomic E-state index is 0.232. The van der Waals surface area contributed by atoms with Crippen molar-refractivity contribution in [1.82, 2.24) is 5.32 Å². The molecule has 0 fully saturated rings. The third-order valence-electron chi connectivity index (χ3n) is 4.30. The molecule has 0 saturated heterocycles. The molecule has 3 rings (SSSR count). The first kappa shape index (κ1) is 18.0. The van der Waals surface area contributed by atoms with Crippen LogP contribution in [0.15, 0.2) is 48.5 Å². The summed E-state index contributed by atoms with van der Waals surface area (Å²) >= 11 is 0. The summed E-state index contributed by atoms with van der Waals surface area (Å²) in [6.45, 7) is 5.19. The maximum atomic E-state index is 14.0. The van der Waals surface area contributed by atoms with Crippen molar-refractivity contribution in [3.63, 3.8) is 0 Å². The predicted octanol–water partition coefficient (Wildman–Crippen LogP) is 3.70. The number of nitrogens with one attached hydrogen (secondary N) is 1. The molecule has 0 spiro atoms. The van der Waals surface area contributed by atoms with Crippen molar-refractivity contribution in [1.29, 1.82) is 0 Å². The Hall–Kier alpha value is -2.82. The van der Waals surface area contributed by atoms with Gasteiger partial charge in [-0.05, 0) is 35.4 Å². The van der Waals surface area contributed by atoms with Crippen LogP contribution in [0.4, 0.5) is 4.39 Å². The first-order chi connectivity index (χ1) is 12.5. The van der Waals surface area contributed by atoms with Crippen molar-refractivity contribution < 1.29 is 18.7 Å². The molecular weight excluding hydrogens is 333 g/mol. The van der Waals surface area contributed by atoms with E-state index in [0.717, 1.165) is 5.56 Å². The number of carbonyl (C=O) groups is 1. The van der Waals surface area contributed by atoms with Crippen LogP contribution >= 0.6 is 0 Å². The Bertz CT molecular complexity index is 830. The van der Waals surface area contributed by atoms with E-state index in [4.69, 9.17) is 9.47 Å². The quantitative estimate of drug-likeness (QED) is 0.832. The van der Waals surface area contributed by atoms with Gasteiger partial charge in [0.15, 0.2) is 11.5 Å². The van der Waals surface area contributed by atoms with E-state index in [1.54, 1.807) is 24.3 Å². The highest BCUT2D eigenvalue weighted by Gasteiger charge is 2.24. The van der Waals surface area contributed by atoms with Gasteiger partial charge >= 0.3 is 0 Å². The number of amides is 1. The summed E-state index contributed by atoms with van der Waals surface area (Å²) in [4.78, 5) is 12.1. The Morgan fingerprint density at radius 2 is 1.88 bits per heavy atom. The van der Waals surface area contributed by atoms with E-state index < -0.39 is 5.41 Å². The minimum Gasteiger partial charge on any atom is -0.486 e. The molecule has 0 aromatic heterocycles. The lowest BCUT2D eigenvalue weighted by Gasteiger charge is -2.25. The summed E-state index contributed by atoms with van der Waals surface area (Å²) in [5.41, 5.74) is 0.917. The molecule has 136 valence electrons. The monoisotopic (exact) mass is 355 g/mol. The SMILES string of the molecule is CC(C)(CNC(=O)/C=C/c1ccc2c(c1)OCCO2)c1ccccc1F. The van der Waals surface area contributed by atoms with Crippen LogP contribution in [0, 0.1) is 5.82 Å². The highest BCUT2D eigenvalue weighted by Crippen LogP contribution is 2.31. The fourth-order valence-electron chi connectivity index (χ4n) is 2.81. The molecule has 2 aromatic carbocycles. The van der Waals surface area contributed by atoms with E-state index in [1.807, 2.05) is 32.0 Å². The van der Waals surface area contributed by atoms with Gasteiger partial charge in [0.25, 0.3) is 0 Å². The van der Waals surface area contributed by atoms with Crippen LogP contribution in [0.25, 0.3) is 6.08 Å². The van der Waals surface area contributed by atoms with Crippen molar-refractivity contribution in [3.05, 3.63) is 65.5 Å². The molecule has 5 heteroatoms. The Labute approximate surface area is 152 Å². The van der Waals surface area contributed by atoms with E-state index in [9.17, 15) is 9.18 Å². The summed E-state index contributed by atoms with van der Waals surface area (Å²) in [6, 6.07) is 12.1. The number of carbonyl (C=O) groups excluding carboxylic acids is 1. The molecule has 0 unspecified atom stereocenters. The van der Waals surface area contributed by atoms with E-state index in [1.165, 1.54) is 12.1 Å². The zero-order valence-corrected chi connectivity index (χ0v) is 14.9. The first-order valence-electron chi connectivity index (χ1n) is 8.56. The maximum absolute atomic E-state index is 14.0. The van der Waals surface area contributed by atoms with Gasteiger partial charge in [0.1, 0.15) is 19.0 Å². The Balaban J connectivity index is 1.60. The summed E-state index contributed by atoms with van der Waals surface area (Å²) in [5, 5.41) is 2.83. The topological polar surface area (TPSA) is 47.6 Å². The third-order valence-corrected chi connectivity index (χ3v) is 4.30. The molecule has 1 heterocycles. The normalized spacial score (nSPS) is 13.7. The highest BCUT2D eigenvalue weighted by molar-refractivity contribution is 5.91.